The van der Waals surface area contributed by atoms with Crippen molar-refractivity contribution in [2.24, 2.45) is 0 Å². The van der Waals surface area contributed by atoms with Crippen LogP contribution in [0, 0.1) is 10.1 Å². The summed E-state index contributed by atoms with van der Waals surface area (Å²) >= 11 is 0. The Morgan fingerprint density at radius 3 is 3.06 bits per heavy atom. The number of aromatic nitrogens is 2. The minimum atomic E-state index is -0.471. The summed E-state index contributed by atoms with van der Waals surface area (Å²) in [7, 11) is 0. The second kappa shape index (κ2) is 4.79. The van der Waals surface area contributed by atoms with Crippen molar-refractivity contribution in [3.63, 3.8) is 0 Å². The van der Waals surface area contributed by atoms with Gasteiger partial charge in [0.1, 0.15) is 0 Å². The molecular weight excluding hydrogens is 224 g/mol. The zero-order chi connectivity index (χ0) is 12.3. The highest BCUT2D eigenvalue weighted by molar-refractivity contribution is 5.62. The Hall–Kier alpha value is -2.15. The maximum Gasteiger partial charge on any atom is 0.372 e. The van der Waals surface area contributed by atoms with E-state index in [1.807, 2.05) is 0 Å². The number of nitrogens with one attached hydrogen (secondary N) is 1. The SMILES string of the molecule is O=[N+]([O-])c1c(NCCCO)nc2ccccn12. The third-order valence-electron chi connectivity index (χ3n) is 2.30. The van der Waals surface area contributed by atoms with Crippen LogP contribution in [-0.4, -0.2) is 32.6 Å². The standard InChI is InChI=1S/C10H12N4O3/c15-7-3-5-11-9-10(14(16)17)13-6-2-1-4-8(13)12-9/h1-2,4,6,11,15H,3,5,7H2. The molecule has 0 spiro atoms. The summed E-state index contributed by atoms with van der Waals surface area (Å²) in [5.41, 5.74) is 0.519. The Balaban J connectivity index is 2.39. The Labute approximate surface area is 96.9 Å². The number of aliphatic hydroxyl groups excluding tert-OH is 1. The normalized spacial score (nSPS) is 10.6. The average molecular weight is 236 g/mol. The van der Waals surface area contributed by atoms with Gasteiger partial charge in [0.05, 0.1) is 6.20 Å². The third-order valence-corrected chi connectivity index (χ3v) is 2.30. The molecule has 0 aliphatic carbocycles. The molecule has 90 valence electrons. The molecular formula is C10H12N4O3. The van der Waals surface area contributed by atoms with Crippen LogP contribution in [0.5, 0.6) is 0 Å². The van der Waals surface area contributed by atoms with Gasteiger partial charge in [0, 0.05) is 19.2 Å². The van der Waals surface area contributed by atoms with E-state index in [2.05, 4.69) is 10.3 Å². The molecule has 0 atom stereocenters. The van der Waals surface area contributed by atoms with Crippen LogP contribution in [0.1, 0.15) is 6.42 Å². The van der Waals surface area contributed by atoms with Crippen molar-refractivity contribution in [1.29, 1.82) is 0 Å². The first kappa shape index (κ1) is 11.3. The van der Waals surface area contributed by atoms with E-state index >= 15 is 0 Å². The predicted molar refractivity (Wildman–Crippen MR) is 62.0 cm³/mol. The maximum absolute atomic E-state index is 11.0. The minimum Gasteiger partial charge on any atom is -0.396 e. The van der Waals surface area contributed by atoms with Gasteiger partial charge in [0.25, 0.3) is 0 Å². The van der Waals surface area contributed by atoms with Crippen molar-refractivity contribution >= 4 is 17.3 Å². The van der Waals surface area contributed by atoms with E-state index in [0.717, 1.165) is 0 Å². The number of rotatable bonds is 5. The number of hydrogen-bond acceptors (Lipinski definition) is 5. The molecule has 2 N–H and O–H groups in total. The van der Waals surface area contributed by atoms with E-state index in [1.54, 1.807) is 24.4 Å². The molecule has 0 amide bonds. The molecule has 0 radical (unpaired) electrons. The van der Waals surface area contributed by atoms with E-state index < -0.39 is 4.92 Å². The number of nitrogens with zero attached hydrogens (tertiary/aromatic N) is 3. The van der Waals surface area contributed by atoms with E-state index in [0.29, 0.717) is 18.6 Å². The molecule has 0 aromatic carbocycles. The Kier molecular flexibility index (Phi) is 3.20. The van der Waals surface area contributed by atoms with Crippen molar-refractivity contribution in [2.75, 3.05) is 18.5 Å². The zero-order valence-electron chi connectivity index (χ0n) is 9.04. The third kappa shape index (κ3) is 2.18. The van der Waals surface area contributed by atoms with Gasteiger partial charge in [-0.2, -0.15) is 9.38 Å². The lowest BCUT2D eigenvalue weighted by molar-refractivity contribution is -0.389. The highest BCUT2D eigenvalue weighted by Crippen LogP contribution is 2.24. The van der Waals surface area contributed by atoms with Crippen LogP contribution in [0.4, 0.5) is 11.6 Å². The summed E-state index contributed by atoms with van der Waals surface area (Å²) in [6, 6.07) is 5.17. The topological polar surface area (TPSA) is 92.7 Å². The van der Waals surface area contributed by atoms with Crippen LogP contribution < -0.4 is 5.32 Å². The second-order valence-corrected chi connectivity index (χ2v) is 3.47. The number of pyridine rings is 1. The summed E-state index contributed by atoms with van der Waals surface area (Å²) in [5, 5.41) is 22.5. The van der Waals surface area contributed by atoms with Gasteiger partial charge in [-0.05, 0) is 17.4 Å². The molecule has 0 saturated heterocycles. The molecule has 7 nitrogen and oxygen atoms in total. The quantitative estimate of drug-likeness (QED) is 0.459. The fourth-order valence-electron chi connectivity index (χ4n) is 1.56. The van der Waals surface area contributed by atoms with Gasteiger partial charge in [-0.3, -0.25) is 0 Å². The van der Waals surface area contributed by atoms with Gasteiger partial charge in [0.2, 0.25) is 11.5 Å². The van der Waals surface area contributed by atoms with Crippen molar-refractivity contribution < 1.29 is 10.0 Å². The van der Waals surface area contributed by atoms with E-state index in [4.69, 9.17) is 5.11 Å². The van der Waals surface area contributed by atoms with Gasteiger partial charge in [-0.15, -0.1) is 0 Å². The second-order valence-electron chi connectivity index (χ2n) is 3.47. The van der Waals surface area contributed by atoms with Crippen molar-refractivity contribution in [1.82, 2.24) is 9.38 Å². The van der Waals surface area contributed by atoms with E-state index in [9.17, 15) is 10.1 Å². The van der Waals surface area contributed by atoms with Crippen LogP contribution >= 0.6 is 0 Å². The summed E-state index contributed by atoms with van der Waals surface area (Å²) in [6.45, 7) is 0.482. The highest BCUT2D eigenvalue weighted by Gasteiger charge is 2.21. The van der Waals surface area contributed by atoms with Gasteiger partial charge < -0.3 is 20.5 Å². The number of imidazole rings is 1. The fraction of sp³-hybridized carbons (Fsp3) is 0.300. The molecule has 0 aliphatic heterocycles. The van der Waals surface area contributed by atoms with Crippen LogP contribution in [-0.2, 0) is 0 Å². The lowest BCUT2D eigenvalue weighted by atomic mass is 10.4. The maximum atomic E-state index is 11.0. The van der Waals surface area contributed by atoms with E-state index in [1.165, 1.54) is 4.40 Å². The molecule has 0 aliphatic rings. The molecule has 0 fully saturated rings. The largest absolute Gasteiger partial charge is 0.396 e. The summed E-state index contributed by atoms with van der Waals surface area (Å²) in [4.78, 5) is 14.6. The molecule has 0 saturated carbocycles. The first-order chi connectivity index (χ1) is 8.24. The molecule has 7 heteroatoms. The molecule has 2 heterocycles. The predicted octanol–water partition coefficient (Wildman–Crippen LogP) is 1.04. The monoisotopic (exact) mass is 236 g/mol. The zero-order valence-corrected chi connectivity index (χ0v) is 9.04. The number of anilines is 1. The molecule has 0 unspecified atom stereocenters. The average Bonchev–Trinajstić information content (AvgIpc) is 2.67. The number of nitro groups is 1. The summed E-state index contributed by atoms with van der Waals surface area (Å²) < 4.78 is 1.42. The van der Waals surface area contributed by atoms with Crippen molar-refractivity contribution in [3.05, 3.63) is 34.5 Å². The highest BCUT2D eigenvalue weighted by atomic mass is 16.6. The van der Waals surface area contributed by atoms with Gasteiger partial charge >= 0.3 is 5.82 Å². The Morgan fingerprint density at radius 1 is 1.53 bits per heavy atom. The summed E-state index contributed by atoms with van der Waals surface area (Å²) in [5.74, 6) is 0.146. The van der Waals surface area contributed by atoms with Gasteiger partial charge in [-0.1, -0.05) is 6.07 Å². The first-order valence-corrected chi connectivity index (χ1v) is 5.20. The first-order valence-electron chi connectivity index (χ1n) is 5.20. The summed E-state index contributed by atoms with van der Waals surface area (Å²) in [6.07, 6.45) is 2.11. The smallest absolute Gasteiger partial charge is 0.372 e. The number of aliphatic hydroxyl groups is 1. The lowest BCUT2D eigenvalue weighted by Gasteiger charge is -2.00. The van der Waals surface area contributed by atoms with Crippen molar-refractivity contribution in [3.8, 4) is 0 Å². The van der Waals surface area contributed by atoms with Gasteiger partial charge in [-0.25, -0.2) is 0 Å². The van der Waals surface area contributed by atoms with E-state index in [-0.39, 0.29) is 18.2 Å². The number of hydrogen-bond donors (Lipinski definition) is 2. The van der Waals surface area contributed by atoms with Crippen LogP contribution in [0.25, 0.3) is 5.65 Å². The van der Waals surface area contributed by atoms with Crippen LogP contribution in [0.3, 0.4) is 0 Å². The fourth-order valence-corrected chi connectivity index (χ4v) is 1.56. The molecule has 17 heavy (non-hydrogen) atoms. The Bertz CT molecular complexity index is 537. The van der Waals surface area contributed by atoms with Crippen LogP contribution in [0.15, 0.2) is 24.4 Å². The Morgan fingerprint density at radius 2 is 2.35 bits per heavy atom. The van der Waals surface area contributed by atoms with Gasteiger partial charge in [0.15, 0.2) is 0 Å². The number of fused-ring (bicyclic) bond motifs is 1. The molecule has 0 bridgehead atoms. The van der Waals surface area contributed by atoms with Crippen LogP contribution in [0.2, 0.25) is 0 Å². The minimum absolute atomic E-state index is 0.0359. The molecule has 2 rings (SSSR count). The molecule has 2 aromatic heterocycles. The lowest BCUT2D eigenvalue weighted by Crippen LogP contribution is -2.06. The molecule has 2 aromatic rings. The van der Waals surface area contributed by atoms with Crippen molar-refractivity contribution in [2.45, 2.75) is 6.42 Å².